The van der Waals surface area contributed by atoms with Crippen molar-refractivity contribution in [2.75, 3.05) is 0 Å². The molecule has 0 radical (unpaired) electrons. The third kappa shape index (κ3) is 5.99. The van der Waals surface area contributed by atoms with E-state index in [-0.39, 0.29) is 24.4 Å². The van der Waals surface area contributed by atoms with Crippen LogP contribution in [-0.4, -0.2) is 33.0 Å². The minimum Gasteiger partial charge on any atom is -0.492 e. The van der Waals surface area contributed by atoms with Crippen molar-refractivity contribution in [2.45, 2.75) is 124 Å². The second kappa shape index (κ2) is 12.3. The Kier molecular flexibility index (Phi) is 9.06. The summed E-state index contributed by atoms with van der Waals surface area (Å²) in [6, 6.07) is 2.42. The van der Waals surface area contributed by atoms with E-state index in [1.165, 1.54) is 62.7 Å². The van der Waals surface area contributed by atoms with E-state index < -0.39 is 23.7 Å². The van der Waals surface area contributed by atoms with E-state index in [9.17, 15) is 19.8 Å². The maximum Gasteiger partial charge on any atom is 0.333 e. The first-order chi connectivity index (χ1) is 19.9. The molecular formula is C35H53NO6. The average Bonchev–Trinajstić information content (AvgIpc) is 3.45. The molecule has 4 aliphatic carbocycles. The van der Waals surface area contributed by atoms with Crippen molar-refractivity contribution in [3.63, 3.8) is 0 Å². The zero-order valence-corrected chi connectivity index (χ0v) is 26.4. The molecule has 0 spiro atoms. The summed E-state index contributed by atoms with van der Waals surface area (Å²) in [7, 11) is 0. The number of hydrogen-bond acceptors (Lipinski definition) is 6. The van der Waals surface area contributed by atoms with Crippen LogP contribution in [0.5, 0.6) is 11.8 Å². The van der Waals surface area contributed by atoms with E-state index in [4.69, 9.17) is 9.57 Å². The summed E-state index contributed by atoms with van der Waals surface area (Å²) < 4.78 is 6.47. The number of aromatic hydroxyl groups is 2. The Hall–Kier alpha value is -2.44. The highest BCUT2D eigenvalue weighted by Crippen LogP contribution is 2.67. The highest BCUT2D eigenvalue weighted by molar-refractivity contribution is 5.78. The first-order valence-corrected chi connectivity index (χ1v) is 16.6. The van der Waals surface area contributed by atoms with Crippen LogP contribution in [0.15, 0.2) is 23.8 Å². The van der Waals surface area contributed by atoms with Gasteiger partial charge in [0.2, 0.25) is 11.8 Å². The van der Waals surface area contributed by atoms with Crippen molar-refractivity contribution in [2.24, 2.45) is 46.3 Å². The van der Waals surface area contributed by atoms with Crippen LogP contribution < -0.4 is 4.84 Å². The van der Waals surface area contributed by atoms with Gasteiger partial charge in [0, 0.05) is 18.6 Å². The number of carbonyl (C=O) groups excluding carboxylic acids is 2. The summed E-state index contributed by atoms with van der Waals surface area (Å²) in [4.78, 5) is 29.7. The predicted octanol–water partition coefficient (Wildman–Crippen LogP) is 7.59. The van der Waals surface area contributed by atoms with Gasteiger partial charge in [0.15, 0.2) is 0 Å². The third-order valence-electron chi connectivity index (χ3n) is 12.1. The van der Waals surface area contributed by atoms with Crippen molar-refractivity contribution in [3.05, 3.63) is 23.8 Å². The molecule has 0 bridgehead atoms. The smallest absolute Gasteiger partial charge is 0.333 e. The molecule has 7 heteroatoms. The molecular weight excluding hydrogens is 530 g/mol. The number of allylic oxidation sites excluding steroid dienone is 1. The summed E-state index contributed by atoms with van der Waals surface area (Å²) in [6.07, 6.45) is 15.5. The van der Waals surface area contributed by atoms with Crippen LogP contribution in [0.25, 0.3) is 0 Å². The van der Waals surface area contributed by atoms with Gasteiger partial charge in [-0.15, -0.1) is 4.73 Å². The van der Waals surface area contributed by atoms with Crippen LogP contribution >= 0.6 is 0 Å². The monoisotopic (exact) mass is 583 g/mol. The Morgan fingerprint density at radius 3 is 2.38 bits per heavy atom. The predicted molar refractivity (Wildman–Crippen MR) is 162 cm³/mol. The van der Waals surface area contributed by atoms with Crippen molar-refractivity contribution in [1.82, 2.24) is 4.73 Å². The van der Waals surface area contributed by atoms with Gasteiger partial charge in [0.1, 0.15) is 6.10 Å². The SMILES string of the molecule is CC(C)CCCC(C)[C@H]1CC[C@H]2C3CC=C4C[C@@H](OC(=O)CCC(=O)On5c(O)ccc5O)CCC4(C)[C@H]3CCC12C. The topological polar surface area (TPSA) is 98.0 Å². The first kappa shape index (κ1) is 31.0. The Morgan fingerprint density at radius 2 is 1.67 bits per heavy atom. The molecule has 4 unspecified atom stereocenters. The number of ether oxygens (including phenoxy) is 1. The van der Waals surface area contributed by atoms with Crippen LogP contribution in [0, 0.1) is 46.3 Å². The van der Waals surface area contributed by atoms with Gasteiger partial charge in [-0.3, -0.25) is 4.79 Å². The standard InChI is InChI=1S/C35H53NO6/c1-22(2)7-6-8-23(3)27-11-12-28-26-10-9-24-21-25(17-19-34(24,4)29(26)18-20-35(27,28)5)41-32(39)15-16-33(40)42-36-30(37)13-14-31(36)38/h9,13-14,22-23,25-29,37-38H,6-8,10-12,15-21H2,1-5H3/t23?,25-,26?,27+,28-,29-,34?,35?/m0/s1. The number of aromatic nitrogens is 1. The van der Waals surface area contributed by atoms with Gasteiger partial charge >= 0.3 is 11.9 Å². The van der Waals surface area contributed by atoms with Crippen molar-refractivity contribution >= 4 is 11.9 Å². The fraction of sp³-hybridized carbons (Fsp3) is 0.771. The molecule has 1 aromatic rings. The molecule has 7 nitrogen and oxygen atoms in total. The average molecular weight is 584 g/mol. The number of carbonyl (C=O) groups is 2. The third-order valence-corrected chi connectivity index (χ3v) is 12.1. The minimum absolute atomic E-state index is 0.101. The Bertz CT molecular complexity index is 1150. The van der Waals surface area contributed by atoms with E-state index in [1.54, 1.807) is 0 Å². The maximum atomic E-state index is 12.6. The Labute approximate surface area is 252 Å². The zero-order valence-electron chi connectivity index (χ0n) is 26.4. The lowest BCUT2D eigenvalue weighted by Crippen LogP contribution is -2.51. The lowest BCUT2D eigenvalue weighted by molar-refractivity contribution is -0.155. The van der Waals surface area contributed by atoms with E-state index in [0.717, 1.165) is 61.2 Å². The Balaban J connectivity index is 1.15. The summed E-state index contributed by atoms with van der Waals surface area (Å²) in [5.41, 5.74) is 2.15. The molecule has 4 aliphatic rings. The quantitative estimate of drug-likeness (QED) is 0.218. The van der Waals surface area contributed by atoms with Gasteiger partial charge in [0.05, 0.1) is 12.8 Å². The molecule has 234 valence electrons. The number of fused-ring (bicyclic) bond motifs is 5. The van der Waals surface area contributed by atoms with Crippen molar-refractivity contribution in [3.8, 4) is 11.8 Å². The molecule has 0 amide bonds. The highest BCUT2D eigenvalue weighted by Gasteiger charge is 2.59. The number of hydrogen-bond donors (Lipinski definition) is 2. The van der Waals surface area contributed by atoms with Crippen LogP contribution in [0.3, 0.4) is 0 Å². The summed E-state index contributed by atoms with van der Waals surface area (Å²) in [5, 5.41) is 19.2. The molecule has 0 aromatic carbocycles. The number of rotatable bonds is 10. The van der Waals surface area contributed by atoms with E-state index >= 15 is 0 Å². The summed E-state index contributed by atoms with van der Waals surface area (Å²) in [6.45, 7) is 12.3. The van der Waals surface area contributed by atoms with Gasteiger partial charge < -0.3 is 19.8 Å². The molecule has 2 N–H and O–H groups in total. The minimum atomic E-state index is -0.727. The maximum absolute atomic E-state index is 12.6. The zero-order chi connectivity index (χ0) is 30.2. The molecule has 1 heterocycles. The van der Waals surface area contributed by atoms with Crippen LogP contribution in [0.2, 0.25) is 0 Å². The normalized spacial score (nSPS) is 34.6. The van der Waals surface area contributed by atoms with E-state index in [0.29, 0.717) is 10.1 Å². The molecule has 3 saturated carbocycles. The van der Waals surface area contributed by atoms with E-state index in [2.05, 4.69) is 40.7 Å². The van der Waals surface area contributed by atoms with Gasteiger partial charge in [-0.05, 0) is 91.3 Å². The second-order valence-electron chi connectivity index (χ2n) is 15.0. The molecule has 0 aliphatic heterocycles. The van der Waals surface area contributed by atoms with Gasteiger partial charge in [-0.2, -0.15) is 0 Å². The molecule has 3 fully saturated rings. The number of nitrogens with zero attached hydrogens (tertiary/aromatic N) is 1. The second-order valence-corrected chi connectivity index (χ2v) is 15.0. The lowest BCUT2D eigenvalue weighted by atomic mass is 9.47. The fourth-order valence-corrected chi connectivity index (χ4v) is 9.84. The van der Waals surface area contributed by atoms with Crippen LogP contribution in [-0.2, 0) is 14.3 Å². The first-order valence-electron chi connectivity index (χ1n) is 16.6. The van der Waals surface area contributed by atoms with Crippen LogP contribution in [0.1, 0.15) is 118 Å². The number of esters is 1. The molecule has 1 aromatic heterocycles. The lowest BCUT2D eigenvalue weighted by Gasteiger charge is -2.58. The fourth-order valence-electron chi connectivity index (χ4n) is 9.84. The summed E-state index contributed by atoms with van der Waals surface area (Å²) >= 11 is 0. The molecule has 8 atom stereocenters. The van der Waals surface area contributed by atoms with E-state index in [1.807, 2.05) is 0 Å². The molecule has 0 saturated heterocycles. The Morgan fingerprint density at radius 1 is 0.952 bits per heavy atom. The van der Waals surface area contributed by atoms with Crippen molar-refractivity contribution in [1.29, 1.82) is 0 Å². The van der Waals surface area contributed by atoms with Gasteiger partial charge in [-0.25, -0.2) is 4.79 Å². The van der Waals surface area contributed by atoms with Crippen LogP contribution in [0.4, 0.5) is 0 Å². The summed E-state index contributed by atoms with van der Waals surface area (Å²) in [5.74, 6) is 2.88. The largest absolute Gasteiger partial charge is 0.492 e. The van der Waals surface area contributed by atoms with Crippen molar-refractivity contribution < 1.29 is 29.4 Å². The highest BCUT2D eigenvalue weighted by atomic mass is 16.7. The van der Waals surface area contributed by atoms with Gasteiger partial charge in [0.25, 0.3) is 0 Å². The molecule has 42 heavy (non-hydrogen) atoms. The molecule has 5 rings (SSSR count). The van der Waals surface area contributed by atoms with Gasteiger partial charge in [-0.1, -0.05) is 65.5 Å².